The molecule has 4 aromatic rings. The molecule has 4 rings (SSSR count). The summed E-state index contributed by atoms with van der Waals surface area (Å²) in [6.45, 7) is 2.38. The zero-order chi connectivity index (χ0) is 15.8. The molecule has 1 amide bonds. The molecule has 2 heterocycles. The number of nitrogens with one attached hydrogen (secondary N) is 2. The zero-order valence-electron chi connectivity index (χ0n) is 12.8. The second-order valence-electron chi connectivity index (χ2n) is 5.78. The lowest BCUT2D eigenvalue weighted by Gasteiger charge is -2.08. The zero-order valence-corrected chi connectivity index (χ0v) is 12.8. The summed E-state index contributed by atoms with van der Waals surface area (Å²) < 4.78 is 1.98. The van der Waals surface area contributed by atoms with Gasteiger partial charge in [0.15, 0.2) is 0 Å². The van der Waals surface area contributed by atoms with Gasteiger partial charge in [-0.2, -0.15) is 0 Å². The first-order valence-electron chi connectivity index (χ1n) is 7.62. The maximum atomic E-state index is 12.3. The van der Waals surface area contributed by atoms with E-state index < -0.39 is 0 Å². The molecule has 0 bridgehead atoms. The number of anilines is 1. The highest BCUT2D eigenvalue weighted by Crippen LogP contribution is 2.20. The monoisotopic (exact) mass is 303 g/mol. The molecule has 4 heteroatoms. The molecule has 2 aromatic heterocycles. The third-order valence-electron chi connectivity index (χ3n) is 4.18. The summed E-state index contributed by atoms with van der Waals surface area (Å²) in [5.74, 6) is -0.0325. The van der Waals surface area contributed by atoms with Gasteiger partial charge in [0, 0.05) is 34.5 Å². The van der Waals surface area contributed by atoms with Crippen LogP contribution in [0.5, 0.6) is 0 Å². The Bertz CT molecular complexity index is 1010. The van der Waals surface area contributed by atoms with E-state index in [4.69, 9.17) is 0 Å². The van der Waals surface area contributed by atoms with Gasteiger partial charge in [-0.3, -0.25) is 4.79 Å². The number of hydrogen-bond acceptors (Lipinski definition) is 1. The average Bonchev–Trinajstić information content (AvgIpc) is 3.15. The van der Waals surface area contributed by atoms with Gasteiger partial charge in [-0.15, -0.1) is 0 Å². The molecule has 0 spiro atoms. The Balaban J connectivity index is 1.56. The van der Waals surface area contributed by atoms with Crippen LogP contribution in [0.25, 0.3) is 21.8 Å². The number of aromatic nitrogens is 2. The lowest BCUT2D eigenvalue weighted by atomic mass is 10.1. The predicted octanol–water partition coefficient (Wildman–Crippen LogP) is 4.07. The number of amides is 1. The molecular formula is C19H17N3O. The van der Waals surface area contributed by atoms with Crippen molar-refractivity contribution in [3.8, 4) is 0 Å². The minimum absolute atomic E-state index is 0.0325. The molecule has 0 saturated heterocycles. The minimum Gasteiger partial charge on any atom is -0.361 e. The summed E-state index contributed by atoms with van der Waals surface area (Å²) in [6, 6.07) is 16.1. The smallest absolute Gasteiger partial charge is 0.244 e. The molecule has 0 aliphatic carbocycles. The van der Waals surface area contributed by atoms with Crippen molar-refractivity contribution in [2.45, 2.75) is 13.5 Å². The van der Waals surface area contributed by atoms with Crippen molar-refractivity contribution in [1.29, 1.82) is 0 Å². The van der Waals surface area contributed by atoms with Crippen molar-refractivity contribution < 1.29 is 4.79 Å². The first kappa shape index (κ1) is 13.6. The number of carbonyl (C=O) groups is 1. The Hall–Kier alpha value is -3.01. The molecule has 2 N–H and O–H groups in total. The third kappa shape index (κ3) is 2.48. The third-order valence-corrected chi connectivity index (χ3v) is 4.18. The Morgan fingerprint density at radius 2 is 2.09 bits per heavy atom. The van der Waals surface area contributed by atoms with Crippen molar-refractivity contribution in [2.75, 3.05) is 5.32 Å². The van der Waals surface area contributed by atoms with Crippen LogP contribution < -0.4 is 5.32 Å². The maximum Gasteiger partial charge on any atom is 0.244 e. The quantitative estimate of drug-likeness (QED) is 0.589. The summed E-state index contributed by atoms with van der Waals surface area (Å²) >= 11 is 0. The summed E-state index contributed by atoms with van der Waals surface area (Å²) in [5.41, 5.74) is 4.13. The van der Waals surface area contributed by atoms with Crippen molar-refractivity contribution in [1.82, 2.24) is 9.55 Å². The molecule has 2 aromatic carbocycles. The number of nitrogens with zero attached hydrogens (tertiary/aromatic N) is 1. The molecule has 23 heavy (non-hydrogen) atoms. The van der Waals surface area contributed by atoms with Crippen molar-refractivity contribution in [3.05, 3.63) is 66.5 Å². The average molecular weight is 303 g/mol. The highest BCUT2D eigenvalue weighted by Gasteiger charge is 2.08. The molecule has 0 radical (unpaired) electrons. The molecular weight excluding hydrogens is 286 g/mol. The van der Waals surface area contributed by atoms with Gasteiger partial charge >= 0.3 is 0 Å². The number of hydrogen-bond donors (Lipinski definition) is 2. The summed E-state index contributed by atoms with van der Waals surface area (Å²) in [7, 11) is 0. The van der Waals surface area contributed by atoms with Crippen LogP contribution in [-0.2, 0) is 11.3 Å². The van der Waals surface area contributed by atoms with Gasteiger partial charge in [0.1, 0.15) is 6.54 Å². The summed E-state index contributed by atoms with van der Waals surface area (Å²) in [4.78, 5) is 15.5. The highest BCUT2D eigenvalue weighted by molar-refractivity contribution is 5.94. The van der Waals surface area contributed by atoms with Crippen molar-refractivity contribution >= 4 is 33.4 Å². The Kier molecular flexibility index (Phi) is 3.15. The fourth-order valence-corrected chi connectivity index (χ4v) is 3.00. The fourth-order valence-electron chi connectivity index (χ4n) is 3.00. The van der Waals surface area contributed by atoms with E-state index in [-0.39, 0.29) is 5.91 Å². The molecule has 0 aliphatic heterocycles. The maximum absolute atomic E-state index is 12.3. The standard InChI is InChI=1S/C19H17N3O/c1-13-3-2-4-18-16(13)8-10-22(18)12-19(23)21-15-6-5-14-7-9-20-17(14)11-15/h2-11,20H,12H2,1H3,(H,21,23). The van der Waals surface area contributed by atoms with E-state index in [0.29, 0.717) is 6.54 Å². The van der Waals surface area contributed by atoms with Crippen LogP contribution in [-0.4, -0.2) is 15.5 Å². The van der Waals surface area contributed by atoms with E-state index in [1.807, 2.05) is 53.4 Å². The Labute approximate surface area is 133 Å². The molecule has 0 unspecified atom stereocenters. The van der Waals surface area contributed by atoms with Gasteiger partial charge in [-0.25, -0.2) is 0 Å². The van der Waals surface area contributed by atoms with E-state index in [0.717, 1.165) is 22.1 Å². The van der Waals surface area contributed by atoms with Crippen LogP contribution >= 0.6 is 0 Å². The molecule has 4 nitrogen and oxygen atoms in total. The van der Waals surface area contributed by atoms with Crippen LogP contribution in [0.2, 0.25) is 0 Å². The Morgan fingerprint density at radius 1 is 1.17 bits per heavy atom. The van der Waals surface area contributed by atoms with Crippen molar-refractivity contribution in [2.24, 2.45) is 0 Å². The number of carbonyl (C=O) groups excluding carboxylic acids is 1. The number of rotatable bonds is 3. The van der Waals surface area contributed by atoms with Crippen LogP contribution in [0.3, 0.4) is 0 Å². The van der Waals surface area contributed by atoms with Gasteiger partial charge in [0.25, 0.3) is 0 Å². The van der Waals surface area contributed by atoms with E-state index >= 15 is 0 Å². The van der Waals surface area contributed by atoms with Crippen LogP contribution in [0.4, 0.5) is 5.69 Å². The molecule has 0 saturated carbocycles. The summed E-state index contributed by atoms with van der Waals surface area (Å²) in [6.07, 6.45) is 3.86. The highest BCUT2D eigenvalue weighted by atomic mass is 16.1. The molecule has 0 aliphatic rings. The van der Waals surface area contributed by atoms with Crippen LogP contribution in [0.15, 0.2) is 60.9 Å². The first-order chi connectivity index (χ1) is 11.2. The van der Waals surface area contributed by atoms with E-state index in [1.54, 1.807) is 0 Å². The van der Waals surface area contributed by atoms with E-state index in [2.05, 4.69) is 29.4 Å². The van der Waals surface area contributed by atoms with Crippen molar-refractivity contribution in [3.63, 3.8) is 0 Å². The largest absolute Gasteiger partial charge is 0.361 e. The van der Waals surface area contributed by atoms with E-state index in [1.165, 1.54) is 10.9 Å². The molecule has 0 atom stereocenters. The second kappa shape index (κ2) is 5.32. The number of H-pyrrole nitrogens is 1. The van der Waals surface area contributed by atoms with Crippen LogP contribution in [0.1, 0.15) is 5.56 Å². The minimum atomic E-state index is -0.0325. The van der Waals surface area contributed by atoms with Gasteiger partial charge in [-0.05, 0) is 48.2 Å². The fraction of sp³-hybridized carbons (Fsp3) is 0.105. The predicted molar refractivity (Wildman–Crippen MR) is 93.6 cm³/mol. The summed E-state index contributed by atoms with van der Waals surface area (Å²) in [5, 5.41) is 5.28. The second-order valence-corrected chi connectivity index (χ2v) is 5.78. The van der Waals surface area contributed by atoms with E-state index in [9.17, 15) is 4.79 Å². The molecule has 0 fully saturated rings. The van der Waals surface area contributed by atoms with Gasteiger partial charge < -0.3 is 14.9 Å². The Morgan fingerprint density at radius 3 is 3.00 bits per heavy atom. The van der Waals surface area contributed by atoms with Crippen LogP contribution in [0, 0.1) is 6.92 Å². The van der Waals surface area contributed by atoms with Gasteiger partial charge in [-0.1, -0.05) is 18.2 Å². The normalized spacial score (nSPS) is 11.2. The first-order valence-corrected chi connectivity index (χ1v) is 7.62. The van der Waals surface area contributed by atoms with Gasteiger partial charge in [0.2, 0.25) is 5.91 Å². The number of aryl methyl sites for hydroxylation is 1. The SMILES string of the molecule is Cc1cccc2c1ccn2CC(=O)Nc1ccc2cc[nH]c2c1. The number of benzene rings is 2. The topological polar surface area (TPSA) is 49.8 Å². The number of fused-ring (bicyclic) bond motifs is 2. The molecule has 114 valence electrons. The lowest BCUT2D eigenvalue weighted by Crippen LogP contribution is -2.18. The number of aromatic amines is 1. The lowest BCUT2D eigenvalue weighted by molar-refractivity contribution is -0.116. The van der Waals surface area contributed by atoms with Gasteiger partial charge in [0.05, 0.1) is 0 Å².